The molecule has 2 aromatic rings. The zero-order chi connectivity index (χ0) is 13.0. The summed E-state index contributed by atoms with van der Waals surface area (Å²) in [6.45, 7) is 0. The fourth-order valence-electron chi connectivity index (χ4n) is 1.34. The average molecular weight is 395 g/mol. The predicted octanol–water partition coefficient (Wildman–Crippen LogP) is 2.87. The number of hydrogen-bond donors (Lipinski definition) is 1. The van der Waals surface area contributed by atoms with Crippen LogP contribution in [0.5, 0.6) is 0 Å². The molecule has 1 atom stereocenters. The molecule has 0 fully saturated rings. The lowest BCUT2D eigenvalue weighted by Gasteiger charge is -2.07. The molecule has 1 unspecified atom stereocenters. The fraction of sp³-hybridized carbons (Fsp3) is 0.100. The van der Waals surface area contributed by atoms with Gasteiger partial charge in [-0.15, -0.1) is 0 Å². The van der Waals surface area contributed by atoms with Crippen molar-refractivity contribution in [3.63, 3.8) is 0 Å². The minimum Gasteiger partial charge on any atom is -0.608 e. The van der Waals surface area contributed by atoms with Crippen LogP contribution in [0.1, 0.15) is 5.56 Å². The van der Waals surface area contributed by atoms with E-state index in [-0.39, 0.29) is 5.28 Å². The minimum atomic E-state index is -0.895. The van der Waals surface area contributed by atoms with Crippen molar-refractivity contribution < 1.29 is 4.55 Å². The van der Waals surface area contributed by atoms with Crippen LogP contribution >= 0.6 is 32.8 Å². The number of aromatic nitrogens is 3. The van der Waals surface area contributed by atoms with Gasteiger partial charge in [0.1, 0.15) is 12.1 Å². The van der Waals surface area contributed by atoms with Gasteiger partial charge in [0.25, 0.3) is 0 Å². The van der Waals surface area contributed by atoms with Crippen molar-refractivity contribution >= 4 is 52.8 Å². The van der Waals surface area contributed by atoms with Crippen LogP contribution in [0.4, 0.5) is 11.6 Å². The second kappa shape index (κ2) is 6.50. The molecule has 1 aromatic carbocycles. The summed E-state index contributed by atoms with van der Waals surface area (Å²) in [6, 6.07) is 7.57. The molecule has 0 amide bonds. The zero-order valence-electron chi connectivity index (χ0n) is 9.01. The second-order valence-electron chi connectivity index (χ2n) is 3.34. The Bertz CT molecular complexity index is 543. The Balaban J connectivity index is 2.14. The van der Waals surface area contributed by atoms with Crippen LogP contribution < -0.4 is 5.32 Å². The molecule has 94 valence electrons. The van der Waals surface area contributed by atoms with Crippen molar-refractivity contribution in [3.8, 4) is 0 Å². The summed E-state index contributed by atoms with van der Waals surface area (Å²) in [5.41, 5.74) is 1.80. The number of anilines is 2. The van der Waals surface area contributed by atoms with E-state index >= 15 is 0 Å². The molecule has 1 aromatic heterocycles. The van der Waals surface area contributed by atoms with Gasteiger partial charge in [0.15, 0.2) is 0 Å². The van der Waals surface area contributed by atoms with Crippen molar-refractivity contribution in [2.24, 2.45) is 0 Å². The number of rotatable bonds is 4. The highest BCUT2D eigenvalue weighted by Gasteiger charge is 2.05. The van der Waals surface area contributed by atoms with Crippen molar-refractivity contribution in [2.75, 3.05) is 5.32 Å². The summed E-state index contributed by atoms with van der Waals surface area (Å²) in [5, 5.41) is 3.15. The quantitative estimate of drug-likeness (QED) is 0.637. The number of nitrogens with one attached hydrogen (secondary N) is 1. The van der Waals surface area contributed by atoms with E-state index in [1.54, 1.807) is 0 Å². The van der Waals surface area contributed by atoms with Crippen molar-refractivity contribution in [2.45, 2.75) is 5.75 Å². The molecule has 1 N–H and O–H groups in total. The van der Waals surface area contributed by atoms with Crippen LogP contribution in [0.2, 0.25) is 5.28 Å². The Morgan fingerprint density at radius 2 is 2.22 bits per heavy atom. The van der Waals surface area contributed by atoms with Gasteiger partial charge >= 0.3 is 0 Å². The van der Waals surface area contributed by atoms with E-state index in [1.165, 1.54) is 6.33 Å². The molecule has 18 heavy (non-hydrogen) atoms. The molecule has 1 heterocycles. The summed E-state index contributed by atoms with van der Waals surface area (Å²) in [6.07, 6.45) is 1.33. The minimum absolute atomic E-state index is 0.136. The summed E-state index contributed by atoms with van der Waals surface area (Å²) in [7, 11) is -0.895. The van der Waals surface area contributed by atoms with Crippen molar-refractivity contribution in [1.82, 2.24) is 15.0 Å². The molecule has 8 heteroatoms. The van der Waals surface area contributed by atoms with Crippen LogP contribution in [0.15, 0.2) is 30.6 Å². The van der Waals surface area contributed by atoms with E-state index in [1.807, 2.05) is 45.5 Å². The molecule has 0 saturated carbocycles. The summed E-state index contributed by atoms with van der Waals surface area (Å²) >= 11 is 7.55. The lowest BCUT2D eigenvalue weighted by Crippen LogP contribution is -1.99. The zero-order valence-corrected chi connectivity index (χ0v) is 12.7. The first kappa shape index (κ1) is 13.8. The number of nitrogens with zero attached hydrogens (tertiary/aromatic N) is 3. The Morgan fingerprint density at radius 3 is 2.94 bits per heavy atom. The maximum atomic E-state index is 11.2. The summed E-state index contributed by atoms with van der Waals surface area (Å²) in [4.78, 5) is 11.6. The number of hydrogen-bond acceptors (Lipinski definition) is 5. The van der Waals surface area contributed by atoms with E-state index in [9.17, 15) is 4.55 Å². The van der Waals surface area contributed by atoms with Gasteiger partial charge in [0.2, 0.25) is 32.4 Å². The first-order valence-electron chi connectivity index (χ1n) is 4.88. The SMILES string of the molecule is [O-][S+](I)Cc1cccc(Nc2ncnc(Cl)n2)c1. The molecule has 0 saturated heterocycles. The lowest BCUT2D eigenvalue weighted by atomic mass is 10.2. The maximum Gasteiger partial charge on any atom is 0.248 e. The monoisotopic (exact) mass is 394 g/mol. The molecular weight excluding hydrogens is 387 g/mol. The molecular formula is C10H8ClIN4OS. The molecule has 0 spiro atoms. The third kappa shape index (κ3) is 4.23. The van der Waals surface area contributed by atoms with E-state index in [0.717, 1.165) is 11.3 Å². The molecule has 2 rings (SSSR count). The van der Waals surface area contributed by atoms with Crippen LogP contribution in [0, 0.1) is 0 Å². The predicted molar refractivity (Wildman–Crippen MR) is 80.4 cm³/mol. The number of halogens is 2. The Hall–Kier alpha value is -0.640. The van der Waals surface area contributed by atoms with Crippen LogP contribution in [0.3, 0.4) is 0 Å². The molecule has 5 nitrogen and oxygen atoms in total. The smallest absolute Gasteiger partial charge is 0.248 e. The van der Waals surface area contributed by atoms with Crippen molar-refractivity contribution in [1.29, 1.82) is 0 Å². The van der Waals surface area contributed by atoms with Gasteiger partial charge in [0.05, 0.1) is 0 Å². The highest BCUT2D eigenvalue weighted by Crippen LogP contribution is 2.18. The molecule has 0 aliphatic heterocycles. The first-order valence-corrected chi connectivity index (χ1v) is 9.12. The highest BCUT2D eigenvalue weighted by atomic mass is 127. The van der Waals surface area contributed by atoms with E-state index < -0.39 is 8.35 Å². The fourth-order valence-corrected chi connectivity index (χ4v) is 2.98. The number of benzene rings is 1. The first-order chi connectivity index (χ1) is 8.63. The van der Waals surface area contributed by atoms with Gasteiger partial charge in [-0.3, -0.25) is 0 Å². The van der Waals surface area contributed by atoms with Gasteiger partial charge in [0, 0.05) is 19.6 Å². The van der Waals surface area contributed by atoms with Gasteiger partial charge < -0.3 is 9.87 Å². The largest absolute Gasteiger partial charge is 0.608 e. The molecule has 0 radical (unpaired) electrons. The highest BCUT2D eigenvalue weighted by molar-refractivity contribution is 14.2. The second-order valence-corrected chi connectivity index (χ2v) is 7.49. The van der Waals surface area contributed by atoms with E-state index in [2.05, 4.69) is 20.3 Å². The molecule has 0 aliphatic rings. The third-order valence-electron chi connectivity index (χ3n) is 2.01. The maximum absolute atomic E-state index is 11.2. The van der Waals surface area contributed by atoms with E-state index in [0.29, 0.717) is 11.7 Å². The Morgan fingerprint density at radius 1 is 1.39 bits per heavy atom. The van der Waals surface area contributed by atoms with Crippen LogP contribution in [-0.4, -0.2) is 19.5 Å². The lowest BCUT2D eigenvalue weighted by molar-refractivity contribution is 0.611. The van der Waals surface area contributed by atoms with Gasteiger partial charge in [-0.1, -0.05) is 12.1 Å². The van der Waals surface area contributed by atoms with Gasteiger partial charge in [-0.25, -0.2) is 9.97 Å². The topological polar surface area (TPSA) is 73.8 Å². The Kier molecular flexibility index (Phi) is 4.98. The Labute approximate surface area is 124 Å². The summed E-state index contributed by atoms with van der Waals surface area (Å²) < 4.78 is 11.2. The third-order valence-corrected chi connectivity index (χ3v) is 3.68. The standard InChI is InChI=1S/C10H8ClIN4OS/c11-9-13-6-14-10(16-9)15-8-3-1-2-7(4-8)5-18(12)17/h1-4,6H,5H2,(H,13,14,15,16). The summed E-state index contributed by atoms with van der Waals surface area (Å²) in [5.74, 6) is 0.886. The molecule has 0 aliphatic carbocycles. The van der Waals surface area contributed by atoms with Gasteiger partial charge in [-0.05, 0) is 23.7 Å². The average Bonchev–Trinajstić information content (AvgIpc) is 2.28. The van der Waals surface area contributed by atoms with Crippen molar-refractivity contribution in [3.05, 3.63) is 41.4 Å². The van der Waals surface area contributed by atoms with Crippen LogP contribution in [-0.2, 0) is 14.1 Å². The molecule has 0 bridgehead atoms. The van der Waals surface area contributed by atoms with Gasteiger partial charge in [-0.2, -0.15) is 4.98 Å². The van der Waals surface area contributed by atoms with E-state index in [4.69, 9.17) is 11.6 Å². The van der Waals surface area contributed by atoms with Crippen LogP contribution in [0.25, 0.3) is 0 Å². The normalized spacial score (nSPS) is 12.2.